The molecule has 3 N–H and O–H groups in total. The zero-order valence-corrected chi connectivity index (χ0v) is 16.7. The molecule has 0 bridgehead atoms. The highest BCUT2D eigenvalue weighted by Gasteiger charge is 2.38. The van der Waals surface area contributed by atoms with Gasteiger partial charge in [0.2, 0.25) is 0 Å². The number of rotatable bonds is 8. The molecule has 0 aliphatic heterocycles. The van der Waals surface area contributed by atoms with Crippen LogP contribution in [0.15, 0.2) is 35.7 Å². The predicted octanol–water partition coefficient (Wildman–Crippen LogP) is 3.45. The lowest BCUT2D eigenvalue weighted by Gasteiger charge is -2.31. The van der Waals surface area contributed by atoms with Crippen molar-refractivity contribution >= 4 is 23.3 Å². The smallest absolute Gasteiger partial charge is 0.355 e. The second-order valence-electron chi connectivity index (χ2n) is 7.61. The topological polar surface area (TPSA) is 103 Å². The number of hydrogen-bond donors (Lipinski definition) is 2. The van der Waals surface area contributed by atoms with Gasteiger partial charge in [0.1, 0.15) is 11.1 Å². The highest BCUT2D eigenvalue weighted by atomic mass is 32.1. The van der Waals surface area contributed by atoms with Gasteiger partial charge in [0.15, 0.2) is 5.69 Å². The summed E-state index contributed by atoms with van der Waals surface area (Å²) in [7, 11) is 0. The summed E-state index contributed by atoms with van der Waals surface area (Å²) in [5.74, 6) is -1.59. The Morgan fingerprint density at radius 3 is 2.44 bits per heavy atom. The highest BCUT2D eigenvalue weighted by molar-refractivity contribution is 7.09. The second kappa shape index (κ2) is 8.63. The lowest BCUT2D eigenvalue weighted by molar-refractivity contribution is -0.162. The van der Waals surface area contributed by atoms with Crippen LogP contribution in [0.3, 0.4) is 0 Å². The number of carboxylic acids is 1. The van der Waals surface area contributed by atoms with E-state index in [-0.39, 0.29) is 12.1 Å². The molecular formula is C20H26N2O4S. The van der Waals surface area contributed by atoms with Crippen LogP contribution < -0.4 is 5.73 Å². The van der Waals surface area contributed by atoms with E-state index in [0.717, 1.165) is 6.42 Å². The Hall–Kier alpha value is -2.25. The molecule has 0 saturated carbocycles. The molecule has 1 heterocycles. The molecule has 0 radical (unpaired) electrons. The van der Waals surface area contributed by atoms with Crippen molar-refractivity contribution in [2.24, 2.45) is 5.73 Å². The van der Waals surface area contributed by atoms with Crippen LogP contribution in [-0.4, -0.2) is 33.2 Å². The van der Waals surface area contributed by atoms with E-state index in [1.165, 1.54) is 22.3 Å². The zero-order valence-electron chi connectivity index (χ0n) is 15.9. The number of aryl methyl sites for hydroxylation is 1. The van der Waals surface area contributed by atoms with Crippen molar-refractivity contribution in [3.8, 4) is 0 Å². The molecule has 0 aliphatic carbocycles. The number of carboxylic acid groups (broad SMARTS) is 1. The fourth-order valence-corrected chi connectivity index (χ4v) is 3.55. The molecule has 0 fully saturated rings. The molecule has 0 saturated heterocycles. The fraction of sp³-hybridized carbons (Fsp3) is 0.450. The number of carbonyl (C=O) groups is 2. The average molecular weight is 391 g/mol. The van der Waals surface area contributed by atoms with Crippen molar-refractivity contribution in [3.05, 3.63) is 52.0 Å². The Morgan fingerprint density at radius 2 is 1.89 bits per heavy atom. The van der Waals surface area contributed by atoms with Crippen molar-refractivity contribution in [1.82, 2.24) is 4.98 Å². The maximum Gasteiger partial charge on any atom is 0.355 e. The van der Waals surface area contributed by atoms with Gasteiger partial charge in [0.25, 0.3) is 0 Å². The first-order valence-electron chi connectivity index (χ1n) is 8.83. The number of hydrogen-bond acceptors (Lipinski definition) is 6. The number of nitrogens with two attached hydrogens (primary N) is 1. The highest BCUT2D eigenvalue weighted by Crippen LogP contribution is 2.24. The van der Waals surface area contributed by atoms with Gasteiger partial charge in [-0.15, -0.1) is 11.3 Å². The predicted molar refractivity (Wildman–Crippen MR) is 105 cm³/mol. The Labute approximate surface area is 163 Å². The molecule has 7 heteroatoms. The summed E-state index contributed by atoms with van der Waals surface area (Å²) in [5.41, 5.74) is 5.70. The normalized spacial score (nSPS) is 13.8. The van der Waals surface area contributed by atoms with Gasteiger partial charge in [0, 0.05) is 11.8 Å². The number of nitrogens with zero attached hydrogens (tertiary/aromatic N) is 1. The maximum absolute atomic E-state index is 12.8. The Morgan fingerprint density at radius 1 is 1.22 bits per heavy atom. The monoisotopic (exact) mass is 390 g/mol. The third-order valence-electron chi connectivity index (χ3n) is 3.97. The van der Waals surface area contributed by atoms with Gasteiger partial charge in [-0.05, 0) is 45.6 Å². The number of aromatic carboxylic acids is 1. The quantitative estimate of drug-likeness (QED) is 0.669. The number of ether oxygens (including phenoxy) is 1. The molecule has 6 nitrogen and oxygen atoms in total. The van der Waals surface area contributed by atoms with Gasteiger partial charge in [-0.1, -0.05) is 30.3 Å². The van der Waals surface area contributed by atoms with Gasteiger partial charge < -0.3 is 15.6 Å². The van der Waals surface area contributed by atoms with Crippen LogP contribution >= 0.6 is 11.3 Å². The van der Waals surface area contributed by atoms with Gasteiger partial charge in [-0.25, -0.2) is 9.78 Å². The van der Waals surface area contributed by atoms with Crippen LogP contribution in [-0.2, 0) is 22.4 Å². The lowest BCUT2D eigenvalue weighted by Crippen LogP contribution is -2.52. The van der Waals surface area contributed by atoms with Crippen LogP contribution in [0.4, 0.5) is 0 Å². The van der Waals surface area contributed by atoms with Gasteiger partial charge in [-0.2, -0.15) is 0 Å². The van der Waals surface area contributed by atoms with E-state index in [1.54, 1.807) is 20.8 Å². The lowest BCUT2D eigenvalue weighted by atomic mass is 9.89. The number of esters is 1. The molecular weight excluding hydrogens is 364 g/mol. The van der Waals surface area contributed by atoms with Crippen LogP contribution in [0.2, 0.25) is 0 Å². The Kier molecular flexibility index (Phi) is 6.73. The summed E-state index contributed by atoms with van der Waals surface area (Å²) in [6, 6.07) is 9.97. The summed E-state index contributed by atoms with van der Waals surface area (Å²) >= 11 is 1.19. The molecule has 0 aliphatic rings. The molecule has 1 atom stereocenters. The fourth-order valence-electron chi connectivity index (χ4n) is 2.66. The molecule has 1 aromatic heterocycles. The summed E-state index contributed by atoms with van der Waals surface area (Å²) in [5, 5.41) is 11.0. The van der Waals surface area contributed by atoms with E-state index < -0.39 is 23.1 Å². The molecule has 1 unspecified atom stereocenters. The average Bonchev–Trinajstić information content (AvgIpc) is 3.03. The summed E-state index contributed by atoms with van der Waals surface area (Å²) < 4.78 is 5.53. The minimum absolute atomic E-state index is 0.0363. The first kappa shape index (κ1) is 21.1. The van der Waals surface area contributed by atoms with E-state index in [1.807, 2.05) is 30.3 Å². The second-order valence-corrected chi connectivity index (χ2v) is 8.55. The molecule has 27 heavy (non-hydrogen) atoms. The van der Waals surface area contributed by atoms with Gasteiger partial charge >= 0.3 is 11.9 Å². The molecule has 0 amide bonds. The van der Waals surface area contributed by atoms with Crippen molar-refractivity contribution in [2.75, 3.05) is 0 Å². The SMILES string of the molecule is CC(C)(C)OC(=O)C(N)(CCCc1ccccc1)Cc1nc(C(=O)O)cs1. The van der Waals surface area contributed by atoms with Crippen LogP contribution in [0.1, 0.15) is 54.7 Å². The molecule has 146 valence electrons. The van der Waals surface area contributed by atoms with Gasteiger partial charge in [0.05, 0.1) is 5.01 Å². The van der Waals surface area contributed by atoms with Crippen molar-refractivity contribution in [3.63, 3.8) is 0 Å². The van der Waals surface area contributed by atoms with Gasteiger partial charge in [-0.3, -0.25) is 4.79 Å². The van der Waals surface area contributed by atoms with Crippen LogP contribution in [0, 0.1) is 0 Å². The minimum Gasteiger partial charge on any atom is -0.476 e. The number of carbonyl (C=O) groups excluding carboxylic acids is 1. The number of benzene rings is 1. The van der Waals surface area contributed by atoms with E-state index in [0.29, 0.717) is 17.8 Å². The third-order valence-corrected chi connectivity index (χ3v) is 4.82. The Balaban J connectivity index is 2.13. The molecule has 2 rings (SSSR count). The third kappa shape index (κ3) is 6.45. The number of thiazole rings is 1. The maximum atomic E-state index is 12.8. The summed E-state index contributed by atoms with van der Waals surface area (Å²) in [6.45, 7) is 5.38. The van der Waals surface area contributed by atoms with Crippen molar-refractivity contribution < 1.29 is 19.4 Å². The summed E-state index contributed by atoms with van der Waals surface area (Å²) in [6.07, 6.45) is 2.06. The first-order chi connectivity index (χ1) is 12.6. The van der Waals surface area contributed by atoms with E-state index >= 15 is 0 Å². The van der Waals surface area contributed by atoms with E-state index in [4.69, 9.17) is 15.6 Å². The Bertz CT molecular complexity index is 783. The van der Waals surface area contributed by atoms with Crippen LogP contribution in [0.25, 0.3) is 0 Å². The van der Waals surface area contributed by atoms with E-state index in [9.17, 15) is 9.59 Å². The number of aromatic nitrogens is 1. The van der Waals surface area contributed by atoms with Crippen molar-refractivity contribution in [1.29, 1.82) is 0 Å². The minimum atomic E-state index is -1.25. The molecule has 0 spiro atoms. The zero-order chi connectivity index (χ0) is 20.1. The molecule has 2 aromatic rings. The molecule has 1 aromatic carbocycles. The van der Waals surface area contributed by atoms with Crippen molar-refractivity contribution in [2.45, 2.75) is 57.6 Å². The largest absolute Gasteiger partial charge is 0.476 e. The first-order valence-corrected chi connectivity index (χ1v) is 9.71. The van der Waals surface area contributed by atoms with Crippen LogP contribution in [0.5, 0.6) is 0 Å². The standard InChI is InChI=1S/C20H26N2O4S/c1-19(2,3)26-18(25)20(21,11-7-10-14-8-5-4-6-9-14)12-16-22-15(13-27-16)17(23)24/h4-6,8-9,13H,7,10-12,21H2,1-3H3,(H,23,24). The van der Waals surface area contributed by atoms with E-state index in [2.05, 4.69) is 4.98 Å². The summed E-state index contributed by atoms with van der Waals surface area (Å²) in [4.78, 5) is 27.9.